The number of ether oxygens (including phenoxy) is 4. The first kappa shape index (κ1) is 24.8. The predicted octanol–water partition coefficient (Wildman–Crippen LogP) is 5.02. The van der Waals surface area contributed by atoms with E-state index in [2.05, 4.69) is 23.2 Å². The molecule has 1 fully saturated rings. The summed E-state index contributed by atoms with van der Waals surface area (Å²) in [4.78, 5) is 25.8. The number of fused-ring (bicyclic) bond motifs is 1. The van der Waals surface area contributed by atoms with Crippen LogP contribution in [0.2, 0.25) is 0 Å². The van der Waals surface area contributed by atoms with Crippen LogP contribution in [0.5, 0.6) is 11.5 Å². The highest BCUT2D eigenvalue weighted by Crippen LogP contribution is 2.33. The van der Waals surface area contributed by atoms with E-state index in [4.69, 9.17) is 28.9 Å². The molecule has 1 aromatic carbocycles. The van der Waals surface area contributed by atoms with Crippen LogP contribution in [0.15, 0.2) is 24.3 Å². The Morgan fingerprint density at radius 2 is 1.89 bits per heavy atom. The largest absolute Gasteiger partial charge is 0.508 e. The van der Waals surface area contributed by atoms with E-state index in [0.29, 0.717) is 56.5 Å². The molecule has 2 aromatic heterocycles. The number of nitrogens with one attached hydrogen (secondary N) is 1. The minimum atomic E-state index is -0.601. The smallest absolute Gasteiger partial charge is 0.493 e. The van der Waals surface area contributed by atoms with Crippen LogP contribution < -0.4 is 19.7 Å². The number of piperidine rings is 1. The molecule has 0 amide bonds. The third-order valence-corrected chi connectivity index (χ3v) is 7.11. The fraction of sp³-hybridized carbons (Fsp3) is 0.480. The van der Waals surface area contributed by atoms with E-state index in [1.54, 1.807) is 32.5 Å². The summed E-state index contributed by atoms with van der Waals surface area (Å²) in [5.74, 6) is 2.88. The second-order valence-corrected chi connectivity index (χ2v) is 9.30. The number of rotatable bonds is 9. The predicted molar refractivity (Wildman–Crippen MR) is 137 cm³/mol. The van der Waals surface area contributed by atoms with Crippen molar-refractivity contribution in [1.82, 2.24) is 9.97 Å². The second-order valence-electron chi connectivity index (χ2n) is 8.19. The van der Waals surface area contributed by atoms with Gasteiger partial charge in [-0.05, 0) is 37.1 Å². The Morgan fingerprint density at radius 1 is 1.11 bits per heavy atom. The maximum Gasteiger partial charge on any atom is 0.508 e. The molecule has 9 nitrogen and oxygen atoms in total. The molecule has 10 heteroatoms. The van der Waals surface area contributed by atoms with Gasteiger partial charge in [-0.3, -0.25) is 0 Å². The van der Waals surface area contributed by atoms with Gasteiger partial charge in [0.15, 0.2) is 11.5 Å². The molecule has 1 N–H and O–H groups in total. The summed E-state index contributed by atoms with van der Waals surface area (Å²) in [6.07, 6.45) is 1.61. The summed E-state index contributed by atoms with van der Waals surface area (Å²) in [5.41, 5.74) is 1.05. The maximum atomic E-state index is 11.6. The molecule has 3 heterocycles. The van der Waals surface area contributed by atoms with Gasteiger partial charge in [-0.2, -0.15) is 4.98 Å². The van der Waals surface area contributed by atoms with E-state index < -0.39 is 6.16 Å². The third kappa shape index (κ3) is 5.87. The van der Waals surface area contributed by atoms with Crippen LogP contribution >= 0.6 is 11.3 Å². The zero-order valence-corrected chi connectivity index (χ0v) is 21.4. The zero-order valence-electron chi connectivity index (χ0n) is 20.6. The summed E-state index contributed by atoms with van der Waals surface area (Å²) >= 11 is 1.70. The highest BCUT2D eigenvalue weighted by atomic mass is 32.1. The third-order valence-electron chi connectivity index (χ3n) is 5.94. The van der Waals surface area contributed by atoms with Crippen LogP contribution in [0.4, 0.5) is 16.6 Å². The Balaban J connectivity index is 1.52. The number of aryl methyl sites for hydroxylation is 1. The Bertz CT molecular complexity index is 1160. The van der Waals surface area contributed by atoms with Crippen molar-refractivity contribution in [3.8, 4) is 11.5 Å². The number of hydrogen-bond acceptors (Lipinski definition) is 10. The Morgan fingerprint density at radius 3 is 2.57 bits per heavy atom. The number of nitrogens with zero attached hydrogens (tertiary/aromatic N) is 3. The van der Waals surface area contributed by atoms with E-state index in [9.17, 15) is 4.79 Å². The number of aromatic nitrogens is 2. The van der Waals surface area contributed by atoms with Crippen molar-refractivity contribution in [1.29, 1.82) is 0 Å². The Kier molecular flexibility index (Phi) is 8.12. The number of thiophene rings is 1. The number of hydrogen-bond donors (Lipinski definition) is 1. The highest BCUT2D eigenvalue weighted by molar-refractivity contribution is 7.18. The second kappa shape index (κ2) is 11.4. The van der Waals surface area contributed by atoms with Crippen molar-refractivity contribution in [2.24, 2.45) is 0 Å². The normalized spacial score (nSPS) is 14.1. The van der Waals surface area contributed by atoms with Gasteiger partial charge in [-0.15, -0.1) is 11.3 Å². The van der Waals surface area contributed by atoms with Crippen LogP contribution in [0.3, 0.4) is 0 Å². The Labute approximate surface area is 209 Å². The summed E-state index contributed by atoms with van der Waals surface area (Å²) in [7, 11) is 3.26. The van der Waals surface area contributed by atoms with Gasteiger partial charge in [-0.1, -0.05) is 13.0 Å². The summed E-state index contributed by atoms with van der Waals surface area (Å²) in [5, 5.41) is 4.53. The van der Waals surface area contributed by atoms with E-state index in [1.165, 1.54) is 4.88 Å². The average Bonchev–Trinajstić information content (AvgIpc) is 3.31. The standard InChI is InChI=1S/C25H32N4O5S/c1-5-18-14-19-22(26-15-16-7-8-20(31-3)21(13-16)32-4)27-24(28-23(19)35-18)29-11-9-17(10-12-29)34-25(30)33-6-2/h7-8,13-14,17H,5-6,9-12,15H2,1-4H3,(H,26,27,28). The van der Waals surface area contributed by atoms with Gasteiger partial charge >= 0.3 is 6.16 Å². The van der Waals surface area contributed by atoms with Gasteiger partial charge in [-0.25, -0.2) is 9.78 Å². The van der Waals surface area contributed by atoms with Crippen LogP contribution in [-0.4, -0.2) is 56.1 Å². The molecule has 0 atom stereocenters. The lowest BCUT2D eigenvalue weighted by molar-refractivity contribution is 0.0183. The molecule has 0 unspecified atom stereocenters. The fourth-order valence-electron chi connectivity index (χ4n) is 4.05. The van der Waals surface area contributed by atoms with E-state index >= 15 is 0 Å². The van der Waals surface area contributed by atoms with E-state index in [0.717, 1.165) is 28.0 Å². The molecular formula is C25H32N4O5S. The van der Waals surface area contributed by atoms with Gasteiger partial charge in [0, 0.05) is 37.4 Å². The SMILES string of the molecule is CCOC(=O)OC1CCN(c2nc(NCc3ccc(OC)c(OC)c3)c3cc(CC)sc3n2)CC1. The molecule has 0 bridgehead atoms. The van der Waals surface area contributed by atoms with Crippen molar-refractivity contribution in [3.63, 3.8) is 0 Å². The van der Waals surface area contributed by atoms with Crippen molar-refractivity contribution in [3.05, 3.63) is 34.7 Å². The molecular weight excluding hydrogens is 468 g/mol. The molecule has 0 saturated carbocycles. The topological polar surface area (TPSA) is 95.0 Å². The molecule has 0 aliphatic carbocycles. The number of carbonyl (C=O) groups is 1. The quantitative estimate of drug-likeness (QED) is 0.406. The van der Waals surface area contributed by atoms with Crippen LogP contribution in [-0.2, 0) is 22.4 Å². The molecule has 0 radical (unpaired) electrons. The van der Waals surface area contributed by atoms with Gasteiger partial charge in [0.25, 0.3) is 0 Å². The number of anilines is 2. The monoisotopic (exact) mass is 500 g/mol. The van der Waals surface area contributed by atoms with Gasteiger partial charge in [0.2, 0.25) is 5.95 Å². The van der Waals surface area contributed by atoms with E-state index in [1.807, 2.05) is 18.2 Å². The van der Waals surface area contributed by atoms with Crippen molar-refractivity contribution in [2.75, 3.05) is 44.1 Å². The lowest BCUT2D eigenvalue weighted by atomic mass is 10.1. The molecule has 1 saturated heterocycles. The van der Waals surface area contributed by atoms with Crippen molar-refractivity contribution < 1.29 is 23.7 Å². The molecule has 3 aromatic rings. The lowest BCUT2D eigenvalue weighted by Crippen LogP contribution is -2.39. The van der Waals surface area contributed by atoms with Crippen LogP contribution in [0, 0.1) is 0 Å². The fourth-order valence-corrected chi connectivity index (χ4v) is 5.01. The zero-order chi connectivity index (χ0) is 24.8. The molecule has 0 spiro atoms. The first-order valence-corrected chi connectivity index (χ1v) is 12.7. The maximum absolute atomic E-state index is 11.6. The summed E-state index contributed by atoms with van der Waals surface area (Å²) in [6, 6.07) is 8.04. The lowest BCUT2D eigenvalue weighted by Gasteiger charge is -2.31. The first-order chi connectivity index (χ1) is 17.0. The van der Waals surface area contributed by atoms with E-state index in [-0.39, 0.29) is 6.10 Å². The molecule has 1 aliphatic heterocycles. The van der Waals surface area contributed by atoms with Crippen LogP contribution in [0.1, 0.15) is 37.1 Å². The number of carbonyl (C=O) groups excluding carboxylic acids is 1. The highest BCUT2D eigenvalue weighted by Gasteiger charge is 2.25. The minimum Gasteiger partial charge on any atom is -0.493 e. The number of methoxy groups -OCH3 is 2. The molecule has 188 valence electrons. The summed E-state index contributed by atoms with van der Waals surface area (Å²) in [6.45, 7) is 6.21. The van der Waals surface area contributed by atoms with Crippen LogP contribution in [0.25, 0.3) is 10.2 Å². The Hall–Kier alpha value is -3.27. The van der Waals surface area contributed by atoms with Crippen molar-refractivity contribution in [2.45, 2.75) is 45.8 Å². The van der Waals surface area contributed by atoms with Gasteiger partial charge in [0.1, 0.15) is 16.8 Å². The average molecular weight is 501 g/mol. The first-order valence-electron chi connectivity index (χ1n) is 11.9. The number of benzene rings is 1. The molecule has 1 aliphatic rings. The van der Waals surface area contributed by atoms with Gasteiger partial charge < -0.3 is 29.2 Å². The van der Waals surface area contributed by atoms with Gasteiger partial charge in [0.05, 0.1) is 26.2 Å². The summed E-state index contributed by atoms with van der Waals surface area (Å²) < 4.78 is 21.1. The molecule has 35 heavy (non-hydrogen) atoms. The van der Waals surface area contributed by atoms with Crippen molar-refractivity contribution >= 4 is 39.5 Å². The molecule has 4 rings (SSSR count). The minimum absolute atomic E-state index is 0.148.